The van der Waals surface area contributed by atoms with Gasteiger partial charge < -0.3 is 5.32 Å². The van der Waals surface area contributed by atoms with E-state index in [1.165, 1.54) is 43.3 Å². The molecule has 1 aliphatic rings. The summed E-state index contributed by atoms with van der Waals surface area (Å²) in [5.74, 6) is 0. The van der Waals surface area contributed by atoms with Gasteiger partial charge in [0, 0.05) is 5.70 Å². The molecule has 2 heteroatoms. The molecule has 1 heterocycles. The third kappa shape index (κ3) is 11.9. The lowest BCUT2D eigenvalue weighted by molar-refractivity contribution is 0.552. The monoisotopic (exact) mass is 545 g/mol. The van der Waals surface area contributed by atoms with E-state index in [0.717, 1.165) is 16.8 Å². The predicted molar refractivity (Wildman–Crippen MR) is 184 cm³/mol. The first-order valence-electron chi connectivity index (χ1n) is 14.9. The van der Waals surface area contributed by atoms with Crippen LogP contribution in [0.15, 0.2) is 116 Å². The van der Waals surface area contributed by atoms with E-state index in [1.807, 2.05) is 77.1 Å². The molecule has 0 unspecified atom stereocenters. The van der Waals surface area contributed by atoms with E-state index in [4.69, 9.17) is 0 Å². The van der Waals surface area contributed by atoms with E-state index in [9.17, 15) is 0 Å². The molecule has 0 amide bonds. The van der Waals surface area contributed by atoms with Gasteiger partial charge in [0.2, 0.25) is 0 Å². The lowest BCUT2D eigenvalue weighted by Gasteiger charge is -2.34. The Morgan fingerprint density at radius 3 is 1.44 bits per heavy atom. The van der Waals surface area contributed by atoms with Crippen LogP contribution in [0.25, 0.3) is 0 Å². The van der Waals surface area contributed by atoms with E-state index >= 15 is 0 Å². The molecular formula is C37H56NP. The molecule has 0 bridgehead atoms. The van der Waals surface area contributed by atoms with Gasteiger partial charge in [0.15, 0.2) is 0 Å². The van der Waals surface area contributed by atoms with Crippen LogP contribution in [0.2, 0.25) is 0 Å². The number of nitrogens with one attached hydrogen (secondary N) is 1. The fraction of sp³-hybridized carbons (Fsp3) is 0.378. The summed E-state index contributed by atoms with van der Waals surface area (Å²) < 4.78 is 0. The SMILES string of the molecule is C=CC(NC(=C)C)(c1ccccc1)c1ccccc1.C=P1(c2ccccc2)CCCCC1.CC.CC.CCC. The fourth-order valence-corrected chi connectivity index (χ4v) is 7.66. The summed E-state index contributed by atoms with van der Waals surface area (Å²) in [6.45, 7) is 21.3. The maximum Gasteiger partial charge on any atom is 0.106 e. The first kappa shape index (κ1) is 36.2. The topological polar surface area (TPSA) is 12.0 Å². The Bertz CT molecular complexity index is 1000. The zero-order chi connectivity index (χ0) is 29.6. The van der Waals surface area contributed by atoms with E-state index in [2.05, 4.69) is 93.2 Å². The minimum absolute atomic E-state index is 0.436. The van der Waals surface area contributed by atoms with Gasteiger partial charge in [-0.2, -0.15) is 0 Å². The summed E-state index contributed by atoms with van der Waals surface area (Å²) >= 11 is 0. The zero-order valence-electron chi connectivity index (χ0n) is 26.0. The van der Waals surface area contributed by atoms with Gasteiger partial charge in [0.05, 0.1) is 0 Å². The molecule has 1 N–H and O–H groups in total. The highest BCUT2D eigenvalue weighted by molar-refractivity contribution is 7.80. The molecule has 0 radical (unpaired) electrons. The molecule has 1 nitrogen and oxygen atoms in total. The maximum atomic E-state index is 4.51. The van der Waals surface area contributed by atoms with Crippen molar-refractivity contribution in [1.82, 2.24) is 5.32 Å². The fourth-order valence-electron chi connectivity index (χ4n) is 4.46. The molecule has 0 saturated carbocycles. The van der Waals surface area contributed by atoms with Crippen LogP contribution in [0.5, 0.6) is 0 Å². The van der Waals surface area contributed by atoms with Crippen LogP contribution in [-0.2, 0) is 5.54 Å². The zero-order valence-corrected chi connectivity index (χ0v) is 26.9. The smallest absolute Gasteiger partial charge is 0.106 e. The predicted octanol–water partition coefficient (Wildman–Crippen LogP) is 10.7. The van der Waals surface area contributed by atoms with Gasteiger partial charge in [0.1, 0.15) is 5.54 Å². The Balaban J connectivity index is 0.000000626. The lowest BCUT2D eigenvalue weighted by atomic mass is 9.82. The Labute approximate surface area is 242 Å². The summed E-state index contributed by atoms with van der Waals surface area (Å²) in [5, 5.41) is 5.00. The van der Waals surface area contributed by atoms with E-state index in [0.29, 0.717) is 0 Å². The van der Waals surface area contributed by atoms with Crippen molar-refractivity contribution < 1.29 is 0 Å². The van der Waals surface area contributed by atoms with Gasteiger partial charge in [-0.25, -0.2) is 0 Å². The second kappa shape index (κ2) is 21.1. The normalized spacial score (nSPS) is 13.1. The number of rotatable bonds is 6. The Kier molecular flexibility index (Phi) is 19.6. The lowest BCUT2D eigenvalue weighted by Crippen LogP contribution is -2.40. The van der Waals surface area contributed by atoms with Crippen molar-refractivity contribution >= 4 is 18.5 Å². The molecule has 3 aromatic carbocycles. The minimum atomic E-state index is -0.966. The van der Waals surface area contributed by atoms with Crippen LogP contribution < -0.4 is 10.6 Å². The number of allylic oxidation sites excluding steroid dienone is 1. The molecule has 1 fully saturated rings. The molecule has 0 spiro atoms. The summed E-state index contributed by atoms with van der Waals surface area (Å²) in [6, 6.07) is 31.5. The standard InChI is InChI=1S/C18H19N.C12H17P.C3H8.2C2H6/c1-4-18(19-15(2)3,16-11-7-5-8-12-16)17-13-9-6-10-14-17;1-13(10-6-3-7-11-13)12-8-4-2-5-9-12;1-3-2;2*1-2/h4-14,19H,1-2H2,3H3;2,4-5,8-9H,1,3,6-7,10-11H2;3H2,1-2H3;2*1-2H3. The number of benzene rings is 3. The van der Waals surface area contributed by atoms with Crippen molar-refractivity contribution in [3.63, 3.8) is 0 Å². The van der Waals surface area contributed by atoms with Crippen molar-refractivity contribution in [2.75, 3.05) is 12.3 Å². The van der Waals surface area contributed by atoms with Gasteiger partial charge in [-0.1, -0.05) is 171 Å². The van der Waals surface area contributed by atoms with Crippen molar-refractivity contribution in [1.29, 1.82) is 0 Å². The largest absolute Gasteiger partial charge is 0.372 e. The molecule has 0 aromatic heterocycles. The van der Waals surface area contributed by atoms with Crippen LogP contribution in [0, 0.1) is 0 Å². The quantitative estimate of drug-likeness (QED) is 0.240. The van der Waals surface area contributed by atoms with E-state index in [-0.39, 0.29) is 0 Å². The maximum absolute atomic E-state index is 4.51. The molecule has 39 heavy (non-hydrogen) atoms. The minimum Gasteiger partial charge on any atom is -0.372 e. The van der Waals surface area contributed by atoms with Crippen LogP contribution in [0.4, 0.5) is 0 Å². The third-order valence-electron chi connectivity index (χ3n) is 6.15. The Morgan fingerprint density at radius 1 is 0.744 bits per heavy atom. The number of hydrogen-bond acceptors (Lipinski definition) is 1. The summed E-state index contributed by atoms with van der Waals surface area (Å²) in [6.07, 6.45) is 14.7. The summed E-state index contributed by atoms with van der Waals surface area (Å²) in [5.41, 5.74) is 2.78. The first-order valence-corrected chi connectivity index (χ1v) is 17.2. The van der Waals surface area contributed by atoms with Gasteiger partial charge in [-0.15, -0.1) is 6.58 Å². The molecule has 1 aliphatic heterocycles. The first-order chi connectivity index (χ1) is 18.9. The van der Waals surface area contributed by atoms with Crippen molar-refractivity contribution in [3.05, 3.63) is 127 Å². The molecule has 0 aliphatic carbocycles. The van der Waals surface area contributed by atoms with Gasteiger partial charge in [-0.05, 0) is 48.5 Å². The molecule has 1 saturated heterocycles. The van der Waals surface area contributed by atoms with Gasteiger partial charge >= 0.3 is 0 Å². The molecule has 214 valence electrons. The van der Waals surface area contributed by atoms with Crippen LogP contribution >= 0.6 is 6.89 Å². The average molecular weight is 546 g/mol. The van der Waals surface area contributed by atoms with Crippen LogP contribution in [0.3, 0.4) is 0 Å². The van der Waals surface area contributed by atoms with E-state index < -0.39 is 12.4 Å². The van der Waals surface area contributed by atoms with Crippen molar-refractivity contribution in [2.24, 2.45) is 0 Å². The molecule has 0 atom stereocenters. The summed E-state index contributed by atoms with van der Waals surface area (Å²) in [7, 11) is 0. The molecule has 3 aromatic rings. The Morgan fingerprint density at radius 2 is 1.10 bits per heavy atom. The van der Waals surface area contributed by atoms with Crippen molar-refractivity contribution in [3.8, 4) is 0 Å². The Hall–Kier alpha value is -2.76. The number of hydrogen-bond donors (Lipinski definition) is 1. The molecular weight excluding hydrogens is 489 g/mol. The highest BCUT2D eigenvalue weighted by Crippen LogP contribution is 2.48. The van der Waals surface area contributed by atoms with E-state index in [1.54, 1.807) is 0 Å². The highest BCUT2D eigenvalue weighted by Gasteiger charge is 2.30. The highest BCUT2D eigenvalue weighted by atomic mass is 31.2. The van der Waals surface area contributed by atoms with Gasteiger partial charge in [-0.3, -0.25) is 0 Å². The average Bonchev–Trinajstić information content (AvgIpc) is 3.00. The summed E-state index contributed by atoms with van der Waals surface area (Å²) in [4.78, 5) is 0. The molecule has 4 rings (SSSR count). The second-order valence-electron chi connectivity index (χ2n) is 9.35. The van der Waals surface area contributed by atoms with Crippen molar-refractivity contribution in [2.45, 2.75) is 79.7 Å². The second-order valence-corrected chi connectivity index (χ2v) is 13.0. The van der Waals surface area contributed by atoms with Crippen LogP contribution in [-0.4, -0.2) is 18.6 Å². The third-order valence-corrected chi connectivity index (χ3v) is 9.89. The van der Waals surface area contributed by atoms with Gasteiger partial charge in [0.25, 0.3) is 0 Å². The van der Waals surface area contributed by atoms with Crippen LogP contribution in [0.1, 0.15) is 85.3 Å².